The normalized spacial score (nSPS) is 16.4. The fourth-order valence-corrected chi connectivity index (χ4v) is 4.73. The average molecular weight is 497 g/mol. The third-order valence-electron chi connectivity index (χ3n) is 5.43. The molecule has 1 aromatic carbocycles. The van der Waals surface area contributed by atoms with Gasteiger partial charge in [-0.2, -0.15) is 0 Å². The van der Waals surface area contributed by atoms with Crippen molar-refractivity contribution in [3.05, 3.63) is 90.0 Å². The van der Waals surface area contributed by atoms with Crippen molar-refractivity contribution in [2.24, 2.45) is 0 Å². The van der Waals surface area contributed by atoms with Gasteiger partial charge in [-0.05, 0) is 59.9 Å². The molecular formula is C25H28N4O5S. The van der Waals surface area contributed by atoms with Crippen LogP contribution in [0.1, 0.15) is 36.0 Å². The maximum Gasteiger partial charge on any atom is 0.267 e. The van der Waals surface area contributed by atoms with Crippen molar-refractivity contribution in [1.82, 2.24) is 19.8 Å². The molecule has 0 spiro atoms. The number of nitrogens with one attached hydrogen (secondary N) is 2. The summed E-state index contributed by atoms with van der Waals surface area (Å²) in [5, 5.41) is 3.31. The summed E-state index contributed by atoms with van der Waals surface area (Å²) >= 11 is 0. The van der Waals surface area contributed by atoms with Crippen molar-refractivity contribution in [2.45, 2.75) is 43.5 Å². The van der Waals surface area contributed by atoms with Gasteiger partial charge < -0.3 is 10.1 Å². The van der Waals surface area contributed by atoms with Gasteiger partial charge in [0.15, 0.2) is 6.29 Å². The number of hydrogen-bond donors (Lipinski definition) is 2. The molecule has 9 nitrogen and oxygen atoms in total. The van der Waals surface area contributed by atoms with Crippen molar-refractivity contribution in [1.29, 1.82) is 0 Å². The summed E-state index contributed by atoms with van der Waals surface area (Å²) in [5.74, 6) is -0.456. The summed E-state index contributed by atoms with van der Waals surface area (Å²) < 4.78 is 32.5. The van der Waals surface area contributed by atoms with Gasteiger partial charge in [-0.25, -0.2) is 22.7 Å². The van der Waals surface area contributed by atoms with Crippen molar-refractivity contribution in [3.8, 4) is 0 Å². The zero-order valence-corrected chi connectivity index (χ0v) is 20.0. The number of hydrogen-bond acceptors (Lipinski definition) is 7. The zero-order valence-electron chi connectivity index (χ0n) is 19.2. The van der Waals surface area contributed by atoms with Crippen LogP contribution < -0.4 is 10.8 Å². The van der Waals surface area contributed by atoms with Crippen molar-refractivity contribution < 1.29 is 22.8 Å². The van der Waals surface area contributed by atoms with E-state index in [9.17, 15) is 13.2 Å². The highest BCUT2D eigenvalue weighted by molar-refractivity contribution is 7.90. The molecule has 4 rings (SSSR count). The third-order valence-corrected chi connectivity index (χ3v) is 7.08. The fourth-order valence-electron chi connectivity index (χ4n) is 3.53. The second kappa shape index (κ2) is 11.9. The Morgan fingerprint density at radius 1 is 1.14 bits per heavy atom. The van der Waals surface area contributed by atoms with E-state index in [1.54, 1.807) is 42.7 Å². The standard InChI is InChI=1S/C25H28N4O5S/c30-24(28-34-25-5-1-2-15-33-25)11-8-21-12-14-29(19-21)35(31,32)23-9-6-20(7-10-23)16-27-18-22-4-3-13-26-17-22/h3-4,6-14,17,19,25,27H,1-2,5,15-16,18H2,(H,28,30). The van der Waals surface area contributed by atoms with E-state index in [-0.39, 0.29) is 4.90 Å². The molecule has 3 aromatic rings. The highest BCUT2D eigenvalue weighted by atomic mass is 32.2. The summed E-state index contributed by atoms with van der Waals surface area (Å²) in [7, 11) is -3.75. The quantitative estimate of drug-likeness (QED) is 0.328. The Kier molecular flexibility index (Phi) is 8.43. The van der Waals surface area contributed by atoms with E-state index < -0.39 is 22.2 Å². The first-order chi connectivity index (χ1) is 17.0. The molecule has 0 bridgehead atoms. The Hall–Kier alpha value is -3.31. The van der Waals surface area contributed by atoms with Gasteiger partial charge >= 0.3 is 0 Å². The first kappa shape index (κ1) is 24.8. The maximum atomic E-state index is 13.0. The van der Waals surface area contributed by atoms with Gasteiger partial charge in [-0.15, -0.1) is 0 Å². The number of ether oxygens (including phenoxy) is 1. The minimum atomic E-state index is -3.75. The molecule has 1 atom stereocenters. The van der Waals surface area contributed by atoms with Crippen LogP contribution in [0.2, 0.25) is 0 Å². The van der Waals surface area contributed by atoms with Gasteiger partial charge in [0, 0.05) is 57.0 Å². The number of carbonyl (C=O) groups is 1. The zero-order chi connectivity index (χ0) is 24.5. The van der Waals surface area contributed by atoms with Crippen LogP contribution in [0.15, 0.2) is 78.2 Å². The molecule has 35 heavy (non-hydrogen) atoms. The molecule has 0 aliphatic carbocycles. The average Bonchev–Trinajstić information content (AvgIpc) is 3.38. The molecule has 1 aliphatic heterocycles. The molecule has 2 N–H and O–H groups in total. The van der Waals surface area contributed by atoms with Crippen LogP contribution in [0.5, 0.6) is 0 Å². The van der Waals surface area contributed by atoms with Crippen molar-refractivity contribution in [3.63, 3.8) is 0 Å². The number of rotatable bonds is 10. The highest BCUT2D eigenvalue weighted by Gasteiger charge is 2.17. The van der Waals surface area contributed by atoms with Gasteiger partial charge in [0.05, 0.1) is 4.90 Å². The van der Waals surface area contributed by atoms with Gasteiger partial charge in [0.2, 0.25) is 0 Å². The van der Waals surface area contributed by atoms with Gasteiger partial charge in [0.25, 0.3) is 15.9 Å². The summed E-state index contributed by atoms with van der Waals surface area (Å²) in [5.41, 5.74) is 4.94. The SMILES string of the molecule is O=C(C=Cc1ccn(S(=O)(=O)c2ccc(CNCc3cccnc3)cc2)c1)NOC1CCCCO1. The first-order valence-corrected chi connectivity index (χ1v) is 12.8. The highest BCUT2D eigenvalue weighted by Crippen LogP contribution is 2.17. The van der Waals surface area contributed by atoms with Crippen LogP contribution in [-0.4, -0.2) is 36.2 Å². The topological polar surface area (TPSA) is 112 Å². The molecule has 1 fully saturated rings. The molecule has 0 radical (unpaired) electrons. The van der Waals surface area contributed by atoms with Gasteiger partial charge in [-0.1, -0.05) is 18.2 Å². The molecule has 184 valence electrons. The molecule has 1 amide bonds. The van der Waals surface area contributed by atoms with E-state index in [0.717, 1.165) is 34.4 Å². The van der Waals surface area contributed by atoms with E-state index in [1.807, 2.05) is 12.1 Å². The van der Waals surface area contributed by atoms with Crippen molar-refractivity contribution >= 4 is 22.0 Å². The molecular weight excluding hydrogens is 468 g/mol. The largest absolute Gasteiger partial charge is 0.350 e. The second-order valence-corrected chi connectivity index (χ2v) is 9.95. The lowest BCUT2D eigenvalue weighted by atomic mass is 10.2. The fraction of sp³-hybridized carbons (Fsp3) is 0.280. The van der Waals surface area contributed by atoms with Crippen LogP contribution in [0.25, 0.3) is 6.08 Å². The van der Waals surface area contributed by atoms with E-state index in [4.69, 9.17) is 9.57 Å². The number of aromatic nitrogens is 2. The van der Waals surface area contributed by atoms with E-state index >= 15 is 0 Å². The van der Waals surface area contributed by atoms with Gasteiger partial charge in [-0.3, -0.25) is 9.78 Å². The van der Waals surface area contributed by atoms with Crippen LogP contribution in [-0.2, 0) is 37.5 Å². The number of hydroxylamine groups is 1. The maximum absolute atomic E-state index is 13.0. The Morgan fingerprint density at radius 3 is 2.71 bits per heavy atom. The number of benzene rings is 1. The van der Waals surface area contributed by atoms with Crippen LogP contribution in [0.4, 0.5) is 0 Å². The summed E-state index contributed by atoms with van der Waals surface area (Å²) in [4.78, 5) is 21.4. The summed E-state index contributed by atoms with van der Waals surface area (Å²) in [6.45, 7) is 1.89. The molecule has 3 heterocycles. The third kappa shape index (κ3) is 7.09. The lowest BCUT2D eigenvalue weighted by Crippen LogP contribution is -2.32. The molecule has 10 heteroatoms. The molecule has 1 aliphatic rings. The Labute approximate surface area is 204 Å². The van der Waals surface area contributed by atoms with Crippen LogP contribution in [0.3, 0.4) is 0 Å². The number of nitrogens with zero attached hydrogens (tertiary/aromatic N) is 2. The lowest BCUT2D eigenvalue weighted by molar-refractivity contribution is -0.198. The lowest BCUT2D eigenvalue weighted by Gasteiger charge is -2.21. The van der Waals surface area contributed by atoms with Gasteiger partial charge in [0.1, 0.15) is 0 Å². The van der Waals surface area contributed by atoms with E-state index in [2.05, 4.69) is 15.8 Å². The minimum Gasteiger partial charge on any atom is -0.350 e. The molecule has 1 saturated heterocycles. The molecule has 0 saturated carbocycles. The number of pyridine rings is 1. The predicted molar refractivity (Wildman–Crippen MR) is 130 cm³/mol. The monoisotopic (exact) mass is 496 g/mol. The number of amides is 1. The predicted octanol–water partition coefficient (Wildman–Crippen LogP) is 3.00. The Bertz CT molecular complexity index is 1230. The smallest absolute Gasteiger partial charge is 0.267 e. The van der Waals surface area contributed by atoms with Crippen LogP contribution >= 0.6 is 0 Å². The summed E-state index contributed by atoms with van der Waals surface area (Å²) in [6.07, 6.45) is 11.5. The minimum absolute atomic E-state index is 0.179. The molecule has 2 aromatic heterocycles. The van der Waals surface area contributed by atoms with Crippen LogP contribution in [0, 0.1) is 0 Å². The Morgan fingerprint density at radius 2 is 1.97 bits per heavy atom. The second-order valence-electron chi connectivity index (χ2n) is 8.10. The van der Waals surface area contributed by atoms with Crippen molar-refractivity contribution in [2.75, 3.05) is 6.61 Å². The number of carbonyl (C=O) groups excluding carboxylic acids is 1. The van der Waals surface area contributed by atoms with E-state index in [0.29, 0.717) is 25.3 Å². The Balaban J connectivity index is 1.30. The molecule has 1 unspecified atom stereocenters. The first-order valence-electron chi connectivity index (χ1n) is 11.4. The van der Waals surface area contributed by atoms with E-state index in [1.165, 1.54) is 24.5 Å². The summed E-state index contributed by atoms with van der Waals surface area (Å²) in [6, 6.07) is 12.2.